The molecule has 122 heavy (non-hydrogen) atoms. The van der Waals surface area contributed by atoms with Crippen LogP contribution in [0.1, 0.15) is 135 Å². The summed E-state index contributed by atoms with van der Waals surface area (Å²) in [6.45, 7) is 26.9. The van der Waals surface area contributed by atoms with Gasteiger partial charge in [0, 0.05) is 86.9 Å². The third-order valence-electron chi connectivity index (χ3n) is 25.0. The minimum absolute atomic E-state index is 0. The zero-order chi connectivity index (χ0) is 83.2. The number of hydrogen-bond donors (Lipinski definition) is 1. The fraction of sp³-hybridized carbons (Fsp3) is 0.198. The number of aromatic nitrogens is 3. The topological polar surface area (TPSA) is 82.8 Å². The molecule has 24 rings (SSSR count). The average Bonchev–Trinajstić information content (AvgIpc) is 1.54. The number of aryl methyl sites for hydroxylation is 5. The van der Waals surface area contributed by atoms with E-state index >= 15 is 0 Å². The van der Waals surface area contributed by atoms with Gasteiger partial charge in [0.15, 0.2) is 0 Å². The number of carbonyl (C=O) groups excluding carboxylic acids is 1. The summed E-state index contributed by atoms with van der Waals surface area (Å²) in [6, 6.07) is 89.3. The Kier molecular flexibility index (Phi) is 27.1. The molecular formula is C106H98AlBCl3F2K2N3O4. The molecule has 15 aromatic carbocycles. The van der Waals surface area contributed by atoms with Crippen LogP contribution in [0.2, 0.25) is 6.32 Å². The van der Waals surface area contributed by atoms with E-state index < -0.39 is 18.5 Å². The van der Waals surface area contributed by atoms with Crippen molar-refractivity contribution in [3.8, 4) is 39.1 Å². The average molecular weight is 1740 g/mol. The quantitative estimate of drug-likeness (QED) is 0.0768. The molecule has 0 bridgehead atoms. The summed E-state index contributed by atoms with van der Waals surface area (Å²) < 4.78 is 32.3. The summed E-state index contributed by atoms with van der Waals surface area (Å²) in [6.07, 6.45) is 0.750. The van der Waals surface area contributed by atoms with E-state index in [-0.39, 0.29) is 149 Å². The van der Waals surface area contributed by atoms with Gasteiger partial charge in [-0.3, -0.25) is 13.6 Å². The van der Waals surface area contributed by atoms with Gasteiger partial charge >= 0.3 is 114 Å². The summed E-state index contributed by atoms with van der Waals surface area (Å²) >= 11 is -1.72. The summed E-state index contributed by atoms with van der Waals surface area (Å²) in [4.78, 5) is 11.2. The predicted octanol–water partition coefficient (Wildman–Crippen LogP) is 24.1. The van der Waals surface area contributed by atoms with Crippen molar-refractivity contribution in [3.05, 3.63) is 298 Å². The molecule has 0 saturated carbocycles. The molecule has 6 aromatic heterocycles. The molecular weight excluding hydrogens is 1640 g/mol. The zero-order valence-electron chi connectivity index (χ0n) is 71.6. The number of halogens is 5. The van der Waals surface area contributed by atoms with Gasteiger partial charge in [-0.2, -0.15) is 0 Å². The second-order valence-electron chi connectivity index (χ2n) is 33.1. The summed E-state index contributed by atoms with van der Waals surface area (Å²) in [7, 11) is 19.2. The van der Waals surface area contributed by atoms with Crippen LogP contribution < -0.4 is 108 Å². The molecule has 0 atom stereocenters. The fourth-order valence-electron chi connectivity index (χ4n) is 19.9. The zero-order valence-corrected chi connectivity index (χ0v) is 79.2. The number of phenols is 1. The smallest absolute Gasteiger partial charge is 1.00 e. The van der Waals surface area contributed by atoms with E-state index in [0.29, 0.717) is 12.9 Å². The number of hydrogen-bond acceptors (Lipinski definition) is 4. The van der Waals surface area contributed by atoms with E-state index in [9.17, 15) is 13.9 Å². The van der Waals surface area contributed by atoms with Gasteiger partial charge in [0.1, 0.15) is 5.75 Å². The molecule has 0 aliphatic heterocycles. The Morgan fingerprint density at radius 2 is 0.607 bits per heavy atom. The van der Waals surface area contributed by atoms with E-state index in [4.69, 9.17) is 49.4 Å². The van der Waals surface area contributed by atoms with Crippen molar-refractivity contribution < 1.29 is 134 Å². The maximum absolute atomic E-state index is 10.3. The van der Waals surface area contributed by atoms with Gasteiger partial charge in [0.2, 0.25) is 0 Å². The van der Waals surface area contributed by atoms with Crippen LogP contribution in [0.5, 0.6) is 5.75 Å². The first kappa shape index (κ1) is 92.0. The Bertz CT molecular complexity index is 6970. The number of rotatable bonds is 1. The van der Waals surface area contributed by atoms with E-state index in [2.05, 4.69) is 313 Å². The predicted molar refractivity (Wildman–Crippen MR) is 516 cm³/mol. The SMILES string of the molecule is C.C.C.CF.Cc1ccc2c(c1)C(C)(C)c1cc3cc4c5cccc6c7ccc(C)cc7n(c4cc3cc1-2)c65.Cc1ccc2c(c1)C(C)(C)c1cc3cc4c5cccc6c7ccc(C)cc7n(c4cc3cc1-2)c65.Cc1ccc2c(c1)C(C)(C)c1cc3cc4c5cccc6c7ccc(O)cc7n(c4cc3cc1-2)c65.O=CO[O-].[2H]CF.[B]CC.[Cl][Al]([Cl])[Cl].[H-].[K+].[K+]. The Balaban J connectivity index is 0.000000163. The Labute approximate surface area is 819 Å². The monoisotopic (exact) mass is 1740 g/mol. The second kappa shape index (κ2) is 36.0. The van der Waals surface area contributed by atoms with Crippen LogP contribution >= 0.6 is 30.1 Å². The van der Waals surface area contributed by atoms with E-state index in [1.54, 1.807) is 6.07 Å². The van der Waals surface area contributed by atoms with Gasteiger partial charge in [-0.15, -0.1) is 0 Å². The molecule has 7 nitrogen and oxygen atoms in total. The van der Waals surface area contributed by atoms with E-state index in [1.807, 2.05) is 19.1 Å². The molecule has 0 amide bonds. The Morgan fingerprint density at radius 1 is 0.385 bits per heavy atom. The van der Waals surface area contributed by atoms with Gasteiger partial charge in [-0.25, -0.2) is 30.1 Å². The summed E-state index contributed by atoms with van der Waals surface area (Å²) in [5.41, 5.74) is 34.9. The van der Waals surface area contributed by atoms with Gasteiger partial charge in [-0.05, 0) is 242 Å². The number of phenolic OH excluding ortho intramolecular Hbond substituents is 1. The van der Waals surface area contributed by atoms with E-state index in [1.165, 1.54) is 236 Å². The van der Waals surface area contributed by atoms with Gasteiger partial charge in [0.25, 0.3) is 6.47 Å². The number of fused-ring (bicyclic) bond motifs is 30. The molecule has 6 heterocycles. The van der Waals surface area contributed by atoms with Crippen LogP contribution in [0, 0.1) is 34.6 Å². The summed E-state index contributed by atoms with van der Waals surface area (Å²) in [5.74, 6) is 0.300. The van der Waals surface area contributed by atoms with Crippen molar-refractivity contribution in [1.29, 1.82) is 0 Å². The third-order valence-corrected chi connectivity index (χ3v) is 25.0. The van der Waals surface area contributed by atoms with Crippen molar-refractivity contribution in [2.45, 2.75) is 128 Å². The molecule has 1 N–H and O–H groups in total. The molecule has 2 radical (unpaired) electrons. The molecule has 0 saturated heterocycles. The second-order valence-corrected chi connectivity index (χ2v) is 39.5. The molecule has 604 valence electrons. The van der Waals surface area contributed by atoms with E-state index in [0.717, 1.165) is 11.8 Å². The normalized spacial score (nSPS) is 13.0. The first-order valence-corrected chi connectivity index (χ1v) is 44.6. The molecule has 0 fully saturated rings. The van der Waals surface area contributed by atoms with Gasteiger partial charge in [0.05, 0.1) is 73.2 Å². The number of carbonyl (C=O) groups is 1. The molecule has 16 heteroatoms. The standard InChI is InChI=1S/2C33H25N.C32H23NO.C2H5B.2CH3F.CH2O3.3CH4.Al.3ClH.2K.H/c2*1-18-8-10-22-26-14-21-17-31-27(15-20(21)16-29(26)33(3,4)28(22)12-18)25-7-5-6-24-23-11-9-19(2)13-30(23)34(31)32(24)25;1-17-7-9-21-25-12-19-15-29-26(13-18(19)14-28(25)32(2,3)27(21)11-17)24-6-4-5-23-22-10-8-20(34)16-30(22)33(29)31(23)24;1-2-3;2*1-2;2-1-4-3;;;;;;;;;;/h2*5-17H,1-4H3;4-16,34H,1-3H3;2H2,1H3;2*1H3;1,3H;3*1H4;;3*1H;;;/q;;;;;;;;;;+3;;;;2*+1;-1/p-4/i;;;;1D;;;;;;;;;;;;. The Hall–Kier alpha value is -7.69. The molecule has 3 aliphatic rings. The first-order chi connectivity index (χ1) is 56.7. The van der Waals surface area contributed by atoms with Crippen molar-refractivity contribution in [1.82, 2.24) is 13.2 Å². The molecule has 21 aromatic rings. The first-order valence-electron chi connectivity index (χ1n) is 40.1. The van der Waals surface area contributed by atoms with Crippen LogP contribution in [-0.4, -0.2) is 58.3 Å². The number of benzene rings is 15. The van der Waals surface area contributed by atoms with Gasteiger partial charge < -0.3 is 29.9 Å². The largest absolute Gasteiger partial charge is 1.00 e. The number of aromatic hydroxyl groups is 1. The minimum Gasteiger partial charge on any atom is -1.00 e. The van der Waals surface area contributed by atoms with Crippen molar-refractivity contribution in [3.63, 3.8) is 0 Å². The van der Waals surface area contributed by atoms with Crippen LogP contribution in [0.25, 0.3) is 180 Å². The number of nitrogens with zero attached hydrogens (tertiary/aromatic N) is 3. The number of alkyl halides is 2. The molecule has 0 unspecified atom stereocenters. The van der Waals surface area contributed by atoms with Crippen LogP contribution in [0.15, 0.2) is 237 Å². The fourth-order valence-corrected chi connectivity index (χ4v) is 19.9. The third kappa shape index (κ3) is 14.9. The van der Waals surface area contributed by atoms with Crippen molar-refractivity contribution >= 4 is 202 Å². The maximum atomic E-state index is 10.3. The van der Waals surface area contributed by atoms with Gasteiger partial charge in [-0.1, -0.05) is 227 Å². The van der Waals surface area contributed by atoms with Crippen LogP contribution in [0.4, 0.5) is 8.78 Å². The van der Waals surface area contributed by atoms with Crippen molar-refractivity contribution in [2.24, 2.45) is 0 Å². The maximum Gasteiger partial charge on any atom is 1.00 e. The van der Waals surface area contributed by atoms with Crippen molar-refractivity contribution in [2.75, 3.05) is 14.3 Å². The summed E-state index contributed by atoms with van der Waals surface area (Å²) in [5, 5.41) is 42.3. The Morgan fingerprint density at radius 3 is 0.885 bits per heavy atom. The van der Waals surface area contributed by atoms with Crippen LogP contribution in [-0.2, 0) is 25.9 Å². The minimum atomic E-state index is -1.72. The van der Waals surface area contributed by atoms with Crippen LogP contribution in [0.3, 0.4) is 0 Å². The molecule has 3 aliphatic carbocycles. The molecule has 0 spiro atoms. The number of para-hydroxylation sites is 3.